The molecule has 0 unspecified atom stereocenters. The smallest absolute Gasteiger partial charge is 0.339 e. The minimum atomic E-state index is -1.17. The molecule has 0 atom stereocenters. The Labute approximate surface area is 145 Å². The van der Waals surface area contributed by atoms with Gasteiger partial charge in [-0.3, -0.25) is 0 Å². The van der Waals surface area contributed by atoms with Crippen LogP contribution in [0.3, 0.4) is 0 Å². The van der Waals surface area contributed by atoms with Gasteiger partial charge in [0.1, 0.15) is 0 Å². The van der Waals surface area contributed by atoms with E-state index < -0.39 is 11.9 Å². The molecule has 0 radical (unpaired) electrons. The highest BCUT2D eigenvalue weighted by Crippen LogP contribution is 2.35. The Hall–Kier alpha value is -3.40. The Morgan fingerprint density at radius 1 is 0.760 bits per heavy atom. The number of carboxylic acid groups (broad SMARTS) is 1. The minimum Gasteiger partial charge on any atom is -0.478 e. The molecule has 4 heteroatoms. The molecule has 0 bridgehead atoms. The second-order valence-corrected chi connectivity index (χ2v) is 5.44. The molecule has 0 aliphatic heterocycles. The van der Waals surface area contributed by atoms with E-state index in [1.807, 2.05) is 54.6 Å². The van der Waals surface area contributed by atoms with E-state index in [0.29, 0.717) is 5.56 Å². The third-order valence-corrected chi connectivity index (χ3v) is 3.99. The number of ether oxygens (including phenoxy) is 1. The molecule has 4 nitrogen and oxygen atoms in total. The summed E-state index contributed by atoms with van der Waals surface area (Å²) < 4.78 is 4.83. The van der Waals surface area contributed by atoms with Gasteiger partial charge in [0.25, 0.3) is 0 Å². The maximum absolute atomic E-state index is 12.3. The van der Waals surface area contributed by atoms with E-state index in [9.17, 15) is 14.7 Å². The van der Waals surface area contributed by atoms with Crippen molar-refractivity contribution in [3.05, 3.63) is 83.9 Å². The molecule has 3 rings (SSSR count). The number of esters is 1. The zero-order valence-corrected chi connectivity index (χ0v) is 13.6. The normalized spacial score (nSPS) is 10.3. The number of carbonyl (C=O) groups is 2. The van der Waals surface area contributed by atoms with Gasteiger partial charge in [-0.05, 0) is 28.3 Å². The third-order valence-electron chi connectivity index (χ3n) is 3.99. The van der Waals surface area contributed by atoms with E-state index in [2.05, 4.69) is 0 Å². The van der Waals surface area contributed by atoms with E-state index in [1.54, 1.807) is 12.1 Å². The lowest BCUT2D eigenvalue weighted by atomic mass is 9.90. The highest BCUT2D eigenvalue weighted by atomic mass is 16.5. The van der Waals surface area contributed by atoms with E-state index in [0.717, 1.165) is 16.7 Å². The Bertz CT molecular complexity index is 930. The van der Waals surface area contributed by atoms with Gasteiger partial charge in [-0.15, -0.1) is 0 Å². The van der Waals surface area contributed by atoms with Crippen LogP contribution in [-0.4, -0.2) is 24.2 Å². The lowest BCUT2D eigenvalue weighted by molar-refractivity contribution is 0.0583. The fraction of sp³-hybridized carbons (Fsp3) is 0.0476. The van der Waals surface area contributed by atoms with E-state index >= 15 is 0 Å². The van der Waals surface area contributed by atoms with E-state index in [1.165, 1.54) is 13.2 Å². The molecule has 25 heavy (non-hydrogen) atoms. The molecule has 0 saturated carbocycles. The largest absolute Gasteiger partial charge is 0.478 e. The van der Waals surface area contributed by atoms with Gasteiger partial charge in [0, 0.05) is 0 Å². The summed E-state index contributed by atoms with van der Waals surface area (Å²) in [6.07, 6.45) is 0. The second kappa shape index (κ2) is 7.01. The van der Waals surface area contributed by atoms with Gasteiger partial charge < -0.3 is 9.84 Å². The summed E-state index contributed by atoms with van der Waals surface area (Å²) in [5.41, 5.74) is 3.18. The van der Waals surface area contributed by atoms with Crippen molar-refractivity contribution in [1.29, 1.82) is 0 Å². The predicted octanol–water partition coefficient (Wildman–Crippen LogP) is 4.51. The number of benzene rings is 3. The molecular weight excluding hydrogens is 316 g/mol. The van der Waals surface area contributed by atoms with Crippen LogP contribution in [0.15, 0.2) is 72.8 Å². The van der Waals surface area contributed by atoms with Crippen molar-refractivity contribution in [2.75, 3.05) is 7.11 Å². The number of carboxylic acids is 1. The van der Waals surface area contributed by atoms with Gasteiger partial charge in [0.2, 0.25) is 0 Å². The molecule has 0 spiro atoms. The number of rotatable bonds is 4. The van der Waals surface area contributed by atoms with Crippen LogP contribution >= 0.6 is 0 Å². The zero-order valence-electron chi connectivity index (χ0n) is 13.6. The molecular formula is C21H16O4. The van der Waals surface area contributed by atoms with Crippen molar-refractivity contribution in [3.63, 3.8) is 0 Å². The van der Waals surface area contributed by atoms with Gasteiger partial charge in [0.05, 0.1) is 18.2 Å². The van der Waals surface area contributed by atoms with Crippen LogP contribution in [0.4, 0.5) is 0 Å². The maximum atomic E-state index is 12.3. The molecule has 0 aliphatic carbocycles. The molecule has 3 aromatic carbocycles. The van der Waals surface area contributed by atoms with Crippen molar-refractivity contribution in [2.24, 2.45) is 0 Å². The Morgan fingerprint density at radius 3 is 2.00 bits per heavy atom. The van der Waals surface area contributed by atoms with Crippen molar-refractivity contribution < 1.29 is 19.4 Å². The lowest BCUT2D eigenvalue weighted by Gasteiger charge is -2.15. The van der Waals surface area contributed by atoms with Crippen molar-refractivity contribution in [3.8, 4) is 22.3 Å². The second-order valence-electron chi connectivity index (χ2n) is 5.44. The van der Waals surface area contributed by atoms with Crippen LogP contribution in [0.1, 0.15) is 20.7 Å². The van der Waals surface area contributed by atoms with Gasteiger partial charge in [-0.2, -0.15) is 0 Å². The molecule has 1 N–H and O–H groups in total. The number of methoxy groups -OCH3 is 1. The number of hydrogen-bond donors (Lipinski definition) is 1. The van der Waals surface area contributed by atoms with Gasteiger partial charge in [-0.25, -0.2) is 9.59 Å². The molecule has 0 aromatic heterocycles. The first kappa shape index (κ1) is 16.5. The number of aromatic carboxylic acids is 1. The van der Waals surface area contributed by atoms with Crippen molar-refractivity contribution in [1.82, 2.24) is 0 Å². The van der Waals surface area contributed by atoms with Crippen LogP contribution in [0.2, 0.25) is 0 Å². The summed E-state index contributed by atoms with van der Waals surface area (Å²) in [5.74, 6) is -1.84. The first-order valence-corrected chi connectivity index (χ1v) is 7.73. The first-order valence-electron chi connectivity index (χ1n) is 7.73. The lowest BCUT2D eigenvalue weighted by Crippen LogP contribution is -2.12. The molecule has 0 fully saturated rings. The topological polar surface area (TPSA) is 63.6 Å². The maximum Gasteiger partial charge on any atom is 0.339 e. The first-order chi connectivity index (χ1) is 12.1. The van der Waals surface area contributed by atoms with Gasteiger partial charge in [-0.1, -0.05) is 66.7 Å². The standard InChI is InChI=1S/C21H16O4/c1-25-21(24)19-17(12-7-13-18(19)20(22)23)16-11-6-5-10-15(16)14-8-3-2-4-9-14/h2-13H,1H3,(H,22,23). The molecule has 0 aliphatic rings. The summed E-state index contributed by atoms with van der Waals surface area (Å²) in [7, 11) is 1.24. The van der Waals surface area contributed by atoms with Gasteiger partial charge in [0.15, 0.2) is 0 Å². The Balaban J connectivity index is 2.30. The van der Waals surface area contributed by atoms with Gasteiger partial charge >= 0.3 is 11.9 Å². The predicted molar refractivity (Wildman–Crippen MR) is 95.6 cm³/mol. The Morgan fingerprint density at radius 2 is 1.36 bits per heavy atom. The average Bonchev–Trinajstić information content (AvgIpc) is 2.67. The number of carbonyl (C=O) groups excluding carboxylic acids is 1. The van der Waals surface area contributed by atoms with Crippen LogP contribution in [0.25, 0.3) is 22.3 Å². The summed E-state index contributed by atoms with van der Waals surface area (Å²) in [6, 6.07) is 22.1. The fourth-order valence-corrected chi connectivity index (χ4v) is 2.86. The summed E-state index contributed by atoms with van der Waals surface area (Å²) in [4.78, 5) is 23.9. The monoisotopic (exact) mass is 332 g/mol. The molecule has 124 valence electrons. The van der Waals surface area contributed by atoms with Crippen molar-refractivity contribution >= 4 is 11.9 Å². The Kier molecular flexibility index (Phi) is 4.61. The average molecular weight is 332 g/mol. The molecule has 3 aromatic rings. The van der Waals surface area contributed by atoms with Crippen LogP contribution in [-0.2, 0) is 4.74 Å². The van der Waals surface area contributed by atoms with Crippen molar-refractivity contribution in [2.45, 2.75) is 0 Å². The number of hydrogen-bond acceptors (Lipinski definition) is 3. The fourth-order valence-electron chi connectivity index (χ4n) is 2.86. The van der Waals surface area contributed by atoms with E-state index in [4.69, 9.17) is 4.74 Å². The van der Waals surface area contributed by atoms with Crippen LogP contribution in [0, 0.1) is 0 Å². The zero-order chi connectivity index (χ0) is 17.8. The van der Waals surface area contributed by atoms with E-state index in [-0.39, 0.29) is 11.1 Å². The SMILES string of the molecule is COC(=O)c1c(C(=O)O)cccc1-c1ccccc1-c1ccccc1. The summed E-state index contributed by atoms with van der Waals surface area (Å²) in [6.45, 7) is 0. The van der Waals surface area contributed by atoms with Crippen LogP contribution in [0.5, 0.6) is 0 Å². The third kappa shape index (κ3) is 3.15. The quantitative estimate of drug-likeness (QED) is 0.714. The molecule has 0 amide bonds. The molecule has 0 saturated heterocycles. The highest BCUT2D eigenvalue weighted by molar-refractivity contribution is 6.08. The summed E-state index contributed by atoms with van der Waals surface area (Å²) >= 11 is 0. The summed E-state index contributed by atoms with van der Waals surface area (Å²) in [5, 5.41) is 9.46. The van der Waals surface area contributed by atoms with Crippen LogP contribution < -0.4 is 0 Å². The molecule has 0 heterocycles. The highest BCUT2D eigenvalue weighted by Gasteiger charge is 2.23. The minimum absolute atomic E-state index is 0.0564.